The summed E-state index contributed by atoms with van der Waals surface area (Å²) in [5.41, 5.74) is 6.21. The number of rotatable bonds is 5. The highest BCUT2D eigenvalue weighted by Crippen LogP contribution is 2.36. The van der Waals surface area contributed by atoms with E-state index in [1.54, 1.807) is 12.1 Å². The van der Waals surface area contributed by atoms with Crippen LogP contribution in [0.3, 0.4) is 0 Å². The third-order valence-corrected chi connectivity index (χ3v) is 4.68. The van der Waals surface area contributed by atoms with E-state index in [2.05, 4.69) is 12.1 Å². The van der Waals surface area contributed by atoms with Gasteiger partial charge >= 0.3 is 5.97 Å². The molecule has 132 valence electrons. The monoisotopic (exact) mass is 354 g/mol. The molecule has 0 amide bonds. The van der Waals surface area contributed by atoms with Gasteiger partial charge in [0, 0.05) is 11.6 Å². The van der Waals surface area contributed by atoms with Crippen LogP contribution in [0, 0.1) is 0 Å². The Labute approximate surface area is 157 Å². The van der Waals surface area contributed by atoms with E-state index in [4.69, 9.17) is 4.74 Å². The Balaban J connectivity index is 1.41. The zero-order valence-electron chi connectivity index (χ0n) is 14.7. The van der Waals surface area contributed by atoms with Gasteiger partial charge in [0.25, 0.3) is 0 Å². The van der Waals surface area contributed by atoms with Crippen LogP contribution in [0.5, 0.6) is 0 Å². The number of benzene rings is 3. The summed E-state index contributed by atoms with van der Waals surface area (Å²) in [5, 5.41) is 0. The molecular formula is C24H18O3. The fourth-order valence-corrected chi connectivity index (χ4v) is 3.29. The van der Waals surface area contributed by atoms with Crippen molar-refractivity contribution in [2.45, 2.75) is 6.42 Å². The van der Waals surface area contributed by atoms with E-state index in [0.717, 1.165) is 17.5 Å². The van der Waals surface area contributed by atoms with Crippen LogP contribution in [0.4, 0.5) is 0 Å². The van der Waals surface area contributed by atoms with Crippen LogP contribution < -0.4 is 0 Å². The van der Waals surface area contributed by atoms with Gasteiger partial charge in [-0.25, -0.2) is 4.79 Å². The van der Waals surface area contributed by atoms with E-state index < -0.39 is 5.97 Å². The Morgan fingerprint density at radius 1 is 0.852 bits per heavy atom. The van der Waals surface area contributed by atoms with Crippen LogP contribution in [0.2, 0.25) is 0 Å². The van der Waals surface area contributed by atoms with Gasteiger partial charge in [0.2, 0.25) is 0 Å². The summed E-state index contributed by atoms with van der Waals surface area (Å²) in [6.07, 6.45) is 3.89. The summed E-state index contributed by atoms with van der Waals surface area (Å²) < 4.78 is 5.09. The van der Waals surface area contributed by atoms with Crippen LogP contribution in [0.1, 0.15) is 27.0 Å². The number of esters is 1. The van der Waals surface area contributed by atoms with Gasteiger partial charge in [-0.2, -0.15) is 0 Å². The first-order valence-electron chi connectivity index (χ1n) is 8.85. The number of carbonyl (C=O) groups is 2. The second-order valence-electron chi connectivity index (χ2n) is 6.48. The summed E-state index contributed by atoms with van der Waals surface area (Å²) in [5.74, 6) is -0.734. The molecule has 0 N–H and O–H groups in total. The SMILES string of the molecule is O=C(/C=C/c1ccccc1)OCC(=O)c1ccc2c(c1)-c1ccccc1C2. The summed E-state index contributed by atoms with van der Waals surface area (Å²) in [4.78, 5) is 24.3. The average Bonchev–Trinajstić information content (AvgIpc) is 3.09. The third kappa shape index (κ3) is 3.72. The molecule has 0 atom stereocenters. The minimum atomic E-state index is -0.529. The lowest BCUT2D eigenvalue weighted by atomic mass is 10.0. The summed E-state index contributed by atoms with van der Waals surface area (Å²) >= 11 is 0. The van der Waals surface area contributed by atoms with Crippen molar-refractivity contribution in [3.8, 4) is 11.1 Å². The lowest BCUT2D eigenvalue weighted by Gasteiger charge is -2.06. The second-order valence-corrected chi connectivity index (χ2v) is 6.48. The number of carbonyl (C=O) groups excluding carboxylic acids is 2. The van der Waals surface area contributed by atoms with Crippen LogP contribution in [-0.4, -0.2) is 18.4 Å². The lowest BCUT2D eigenvalue weighted by Crippen LogP contribution is -2.12. The molecule has 27 heavy (non-hydrogen) atoms. The number of fused-ring (bicyclic) bond motifs is 3. The van der Waals surface area contributed by atoms with Gasteiger partial charge in [-0.05, 0) is 46.4 Å². The Morgan fingerprint density at radius 2 is 1.59 bits per heavy atom. The topological polar surface area (TPSA) is 43.4 Å². The number of hydrogen-bond donors (Lipinski definition) is 0. The van der Waals surface area contributed by atoms with Gasteiger partial charge in [0.1, 0.15) is 0 Å². The Bertz CT molecular complexity index is 1030. The van der Waals surface area contributed by atoms with E-state index in [1.807, 2.05) is 54.6 Å². The first-order valence-corrected chi connectivity index (χ1v) is 8.85. The number of hydrogen-bond acceptors (Lipinski definition) is 3. The largest absolute Gasteiger partial charge is 0.454 e. The molecule has 1 aliphatic carbocycles. The number of ether oxygens (including phenoxy) is 1. The number of Topliss-reactive ketones (excluding diaryl/α,β-unsaturated/α-hetero) is 1. The lowest BCUT2D eigenvalue weighted by molar-refractivity contribution is -0.136. The van der Waals surface area contributed by atoms with E-state index in [1.165, 1.54) is 22.8 Å². The standard InChI is InChI=1S/C24H18O3/c25-23(16-27-24(26)13-10-17-6-2-1-3-7-17)20-12-11-19-14-18-8-4-5-9-21(18)22(19)15-20/h1-13,15H,14,16H2/b13-10+. The first-order chi connectivity index (χ1) is 13.2. The minimum absolute atomic E-state index is 0.205. The normalized spacial score (nSPS) is 11.9. The van der Waals surface area contributed by atoms with E-state index in [-0.39, 0.29) is 12.4 Å². The van der Waals surface area contributed by atoms with Gasteiger partial charge in [0.05, 0.1) is 0 Å². The van der Waals surface area contributed by atoms with Crippen molar-refractivity contribution in [3.63, 3.8) is 0 Å². The van der Waals surface area contributed by atoms with Gasteiger partial charge in [-0.1, -0.05) is 66.7 Å². The molecule has 3 heteroatoms. The predicted octanol–water partition coefficient (Wildman–Crippen LogP) is 4.70. The quantitative estimate of drug-likeness (QED) is 0.296. The molecule has 3 nitrogen and oxygen atoms in total. The molecule has 0 saturated carbocycles. The zero-order valence-corrected chi connectivity index (χ0v) is 14.7. The van der Waals surface area contributed by atoms with Crippen LogP contribution in [-0.2, 0) is 16.0 Å². The van der Waals surface area contributed by atoms with Gasteiger partial charge in [-0.3, -0.25) is 4.79 Å². The summed E-state index contributed by atoms with van der Waals surface area (Å²) in [6.45, 7) is -0.265. The molecule has 0 spiro atoms. The molecule has 0 radical (unpaired) electrons. The third-order valence-electron chi connectivity index (χ3n) is 4.68. The summed E-state index contributed by atoms with van der Waals surface area (Å²) in [7, 11) is 0. The maximum atomic E-state index is 12.4. The average molecular weight is 354 g/mol. The maximum absolute atomic E-state index is 12.4. The molecule has 0 saturated heterocycles. The van der Waals surface area contributed by atoms with Crippen LogP contribution >= 0.6 is 0 Å². The Hall–Kier alpha value is -3.46. The minimum Gasteiger partial charge on any atom is -0.454 e. The Morgan fingerprint density at radius 3 is 2.44 bits per heavy atom. The fraction of sp³-hybridized carbons (Fsp3) is 0.0833. The molecule has 0 aromatic heterocycles. The van der Waals surface area contributed by atoms with Crippen LogP contribution in [0.25, 0.3) is 17.2 Å². The molecule has 0 bridgehead atoms. The van der Waals surface area contributed by atoms with Gasteiger partial charge < -0.3 is 4.74 Å². The molecule has 3 aromatic rings. The summed E-state index contributed by atoms with van der Waals surface area (Å²) in [6, 6.07) is 23.4. The van der Waals surface area contributed by atoms with Crippen molar-refractivity contribution in [2.24, 2.45) is 0 Å². The van der Waals surface area contributed by atoms with Crippen molar-refractivity contribution < 1.29 is 14.3 Å². The van der Waals surface area contributed by atoms with Crippen molar-refractivity contribution in [3.05, 3.63) is 101 Å². The smallest absolute Gasteiger partial charge is 0.331 e. The molecular weight excluding hydrogens is 336 g/mol. The fourth-order valence-electron chi connectivity index (χ4n) is 3.29. The molecule has 0 unspecified atom stereocenters. The van der Waals surface area contributed by atoms with Crippen LogP contribution in [0.15, 0.2) is 78.9 Å². The van der Waals surface area contributed by atoms with Gasteiger partial charge in [0.15, 0.2) is 12.4 Å². The van der Waals surface area contributed by atoms with Crippen molar-refractivity contribution in [1.29, 1.82) is 0 Å². The zero-order chi connectivity index (χ0) is 18.6. The Kier molecular flexibility index (Phi) is 4.67. The molecule has 1 aliphatic rings. The molecule has 4 rings (SSSR count). The highest BCUT2D eigenvalue weighted by molar-refractivity contribution is 6.00. The van der Waals surface area contributed by atoms with E-state index in [9.17, 15) is 9.59 Å². The molecule has 0 fully saturated rings. The molecule has 3 aromatic carbocycles. The molecule has 0 heterocycles. The van der Waals surface area contributed by atoms with Gasteiger partial charge in [-0.15, -0.1) is 0 Å². The van der Waals surface area contributed by atoms with E-state index >= 15 is 0 Å². The molecule has 0 aliphatic heterocycles. The predicted molar refractivity (Wildman–Crippen MR) is 105 cm³/mol. The maximum Gasteiger partial charge on any atom is 0.331 e. The highest BCUT2D eigenvalue weighted by atomic mass is 16.5. The first kappa shape index (κ1) is 17.0. The van der Waals surface area contributed by atoms with Crippen molar-refractivity contribution >= 4 is 17.8 Å². The highest BCUT2D eigenvalue weighted by Gasteiger charge is 2.19. The van der Waals surface area contributed by atoms with E-state index in [0.29, 0.717) is 5.56 Å². The second kappa shape index (κ2) is 7.42. The van der Waals surface area contributed by atoms with Crippen molar-refractivity contribution in [1.82, 2.24) is 0 Å². The number of ketones is 1. The van der Waals surface area contributed by atoms with Crippen molar-refractivity contribution in [2.75, 3.05) is 6.61 Å².